The second kappa shape index (κ2) is 10.8. The number of halogens is 3. The molecule has 1 fully saturated rings. The van der Waals surface area contributed by atoms with Gasteiger partial charge in [0.25, 0.3) is 0 Å². The highest BCUT2D eigenvalue weighted by atomic mass is 19.4. The Kier molecular flexibility index (Phi) is 8.71. The molecule has 1 aliphatic heterocycles. The van der Waals surface area contributed by atoms with Crippen LogP contribution in [0, 0.1) is 0 Å². The number of nitrogens with zero attached hydrogens (tertiary/aromatic N) is 2. The van der Waals surface area contributed by atoms with Gasteiger partial charge in [-0.05, 0) is 38.5 Å². The van der Waals surface area contributed by atoms with Crippen LogP contribution in [-0.4, -0.2) is 74.5 Å². The molecule has 0 aromatic carbocycles. The summed E-state index contributed by atoms with van der Waals surface area (Å²) < 4.78 is 40.5. The monoisotopic (exact) mass is 377 g/mol. The molecule has 0 unspecified atom stereocenters. The van der Waals surface area contributed by atoms with E-state index in [0.29, 0.717) is 32.6 Å². The fourth-order valence-corrected chi connectivity index (χ4v) is 3.33. The van der Waals surface area contributed by atoms with Crippen LogP contribution in [0.1, 0.15) is 38.5 Å². The van der Waals surface area contributed by atoms with E-state index >= 15 is 0 Å². The summed E-state index contributed by atoms with van der Waals surface area (Å²) in [5, 5.41) is 2.99. The highest BCUT2D eigenvalue weighted by molar-refractivity contribution is 5.74. The number of piperazine rings is 1. The van der Waals surface area contributed by atoms with Crippen LogP contribution < -0.4 is 5.32 Å². The molecule has 0 bridgehead atoms. The van der Waals surface area contributed by atoms with Crippen molar-refractivity contribution < 1.29 is 22.7 Å². The lowest BCUT2D eigenvalue weighted by Gasteiger charge is -2.34. The molecule has 26 heavy (non-hydrogen) atoms. The zero-order valence-electron chi connectivity index (χ0n) is 15.3. The molecule has 1 N–H and O–H groups in total. The maximum atomic E-state index is 12.2. The molecular weight excluding hydrogens is 347 g/mol. The first-order chi connectivity index (χ1) is 12.4. The van der Waals surface area contributed by atoms with Gasteiger partial charge in [0.2, 0.25) is 0 Å². The number of rotatable bonds is 8. The predicted molar refractivity (Wildman–Crippen MR) is 94.1 cm³/mol. The standard InChI is InChI=1S/C18H30F3N3O2/c19-18(20,21)15-26-14-4-9-23-10-12-24(13-11-23)17(25)22-8-7-16-5-2-1-3-6-16/h5H,1-4,6-15H2,(H,22,25). The van der Waals surface area contributed by atoms with Crippen LogP contribution in [0.4, 0.5) is 18.0 Å². The molecule has 1 saturated heterocycles. The van der Waals surface area contributed by atoms with Crippen molar-refractivity contribution in [1.29, 1.82) is 0 Å². The largest absolute Gasteiger partial charge is 0.411 e. The molecule has 2 aliphatic rings. The fourth-order valence-electron chi connectivity index (χ4n) is 3.33. The van der Waals surface area contributed by atoms with E-state index in [4.69, 9.17) is 0 Å². The molecule has 0 aromatic heterocycles. The van der Waals surface area contributed by atoms with E-state index in [-0.39, 0.29) is 12.6 Å². The molecule has 5 nitrogen and oxygen atoms in total. The summed E-state index contributed by atoms with van der Waals surface area (Å²) >= 11 is 0. The van der Waals surface area contributed by atoms with E-state index < -0.39 is 12.8 Å². The Hall–Kier alpha value is -1.28. The number of nitrogens with one attached hydrogen (secondary N) is 1. The maximum Gasteiger partial charge on any atom is 0.411 e. The van der Waals surface area contributed by atoms with E-state index in [9.17, 15) is 18.0 Å². The van der Waals surface area contributed by atoms with Gasteiger partial charge in [-0.3, -0.25) is 4.90 Å². The van der Waals surface area contributed by atoms with Crippen molar-refractivity contribution in [3.05, 3.63) is 11.6 Å². The summed E-state index contributed by atoms with van der Waals surface area (Å²) in [6, 6.07) is -0.0189. The Morgan fingerprint density at radius 1 is 1.19 bits per heavy atom. The van der Waals surface area contributed by atoms with Crippen molar-refractivity contribution in [2.75, 3.05) is 52.5 Å². The van der Waals surface area contributed by atoms with Gasteiger partial charge in [0, 0.05) is 45.9 Å². The lowest BCUT2D eigenvalue weighted by Crippen LogP contribution is -2.52. The summed E-state index contributed by atoms with van der Waals surface area (Å²) in [5.41, 5.74) is 1.45. The number of allylic oxidation sites excluding steroid dienone is 1. The maximum absolute atomic E-state index is 12.2. The summed E-state index contributed by atoms with van der Waals surface area (Å²) in [4.78, 5) is 16.2. The minimum Gasteiger partial charge on any atom is -0.372 e. The summed E-state index contributed by atoms with van der Waals surface area (Å²) in [5.74, 6) is 0. The van der Waals surface area contributed by atoms with E-state index in [2.05, 4.69) is 21.0 Å². The first-order valence-electron chi connectivity index (χ1n) is 9.51. The molecule has 1 aliphatic carbocycles. The van der Waals surface area contributed by atoms with Crippen molar-refractivity contribution in [3.63, 3.8) is 0 Å². The molecular formula is C18H30F3N3O2. The van der Waals surface area contributed by atoms with Gasteiger partial charge in [-0.2, -0.15) is 13.2 Å². The van der Waals surface area contributed by atoms with Gasteiger partial charge in [0.15, 0.2) is 0 Å². The van der Waals surface area contributed by atoms with E-state index in [1.54, 1.807) is 0 Å². The molecule has 0 radical (unpaired) electrons. The summed E-state index contributed by atoms with van der Waals surface area (Å²) in [6.07, 6.45) is 4.38. The number of ether oxygens (including phenoxy) is 1. The number of amides is 2. The summed E-state index contributed by atoms with van der Waals surface area (Å²) in [6.45, 7) is 3.10. The number of hydrogen-bond donors (Lipinski definition) is 1. The van der Waals surface area contributed by atoms with Gasteiger partial charge in [-0.15, -0.1) is 0 Å². The molecule has 1 heterocycles. The Labute approximate surface area is 153 Å². The summed E-state index contributed by atoms with van der Waals surface area (Å²) in [7, 11) is 0. The predicted octanol–water partition coefficient (Wildman–Crippen LogP) is 3.17. The highest BCUT2D eigenvalue weighted by Crippen LogP contribution is 2.19. The Balaban J connectivity index is 1.52. The third-order valence-corrected chi connectivity index (χ3v) is 4.80. The fraction of sp³-hybridized carbons (Fsp3) is 0.833. The second-order valence-electron chi connectivity index (χ2n) is 6.94. The van der Waals surface area contributed by atoms with Crippen LogP contribution >= 0.6 is 0 Å². The first kappa shape index (κ1) is 21.0. The lowest BCUT2D eigenvalue weighted by molar-refractivity contribution is -0.174. The van der Waals surface area contributed by atoms with Gasteiger partial charge < -0.3 is 15.0 Å². The van der Waals surface area contributed by atoms with Crippen LogP contribution in [0.15, 0.2) is 11.6 Å². The lowest BCUT2D eigenvalue weighted by atomic mass is 9.97. The van der Waals surface area contributed by atoms with Crippen molar-refractivity contribution in [3.8, 4) is 0 Å². The van der Waals surface area contributed by atoms with Crippen molar-refractivity contribution >= 4 is 6.03 Å². The van der Waals surface area contributed by atoms with Crippen LogP contribution in [0.2, 0.25) is 0 Å². The van der Waals surface area contributed by atoms with Crippen molar-refractivity contribution in [2.24, 2.45) is 0 Å². The van der Waals surface area contributed by atoms with E-state index in [0.717, 1.165) is 32.4 Å². The topological polar surface area (TPSA) is 44.8 Å². The molecule has 0 saturated carbocycles. The van der Waals surface area contributed by atoms with E-state index in [1.165, 1.54) is 18.4 Å². The number of carbonyl (C=O) groups is 1. The molecule has 0 aromatic rings. The average molecular weight is 377 g/mol. The first-order valence-corrected chi connectivity index (χ1v) is 9.51. The Bertz CT molecular complexity index is 461. The Morgan fingerprint density at radius 3 is 2.62 bits per heavy atom. The molecule has 2 rings (SSSR count). The molecule has 2 amide bonds. The van der Waals surface area contributed by atoms with Gasteiger partial charge in [-0.25, -0.2) is 4.79 Å². The van der Waals surface area contributed by atoms with Crippen molar-refractivity contribution in [1.82, 2.24) is 15.1 Å². The van der Waals surface area contributed by atoms with Crippen LogP contribution in [0.25, 0.3) is 0 Å². The second-order valence-corrected chi connectivity index (χ2v) is 6.94. The third-order valence-electron chi connectivity index (χ3n) is 4.80. The SMILES string of the molecule is O=C(NCCC1=CCCCC1)N1CCN(CCCOCC(F)(F)F)CC1. The smallest absolute Gasteiger partial charge is 0.372 e. The minimum atomic E-state index is -4.26. The number of carbonyl (C=O) groups excluding carboxylic acids is 1. The molecule has 0 atom stereocenters. The van der Waals surface area contributed by atoms with Crippen LogP contribution in [-0.2, 0) is 4.74 Å². The normalized spacial score (nSPS) is 19.3. The van der Waals surface area contributed by atoms with Gasteiger partial charge in [0.1, 0.15) is 6.61 Å². The van der Waals surface area contributed by atoms with Crippen molar-refractivity contribution in [2.45, 2.75) is 44.7 Å². The molecule has 8 heteroatoms. The highest BCUT2D eigenvalue weighted by Gasteiger charge is 2.27. The Morgan fingerprint density at radius 2 is 1.96 bits per heavy atom. The van der Waals surface area contributed by atoms with Gasteiger partial charge >= 0.3 is 12.2 Å². The number of urea groups is 1. The number of hydrogen-bond acceptors (Lipinski definition) is 3. The van der Waals surface area contributed by atoms with Gasteiger partial charge in [0.05, 0.1) is 0 Å². The third kappa shape index (κ3) is 8.40. The minimum absolute atomic E-state index is 0.0189. The van der Waals surface area contributed by atoms with E-state index in [1.807, 2.05) is 4.90 Å². The van der Waals surface area contributed by atoms with Crippen LogP contribution in [0.3, 0.4) is 0 Å². The molecule has 150 valence electrons. The zero-order chi connectivity index (χ0) is 18.8. The number of alkyl halides is 3. The average Bonchev–Trinajstić information content (AvgIpc) is 2.62. The quantitative estimate of drug-likeness (QED) is 0.522. The zero-order valence-corrected chi connectivity index (χ0v) is 15.3. The molecule has 0 spiro atoms. The van der Waals surface area contributed by atoms with Crippen LogP contribution in [0.5, 0.6) is 0 Å². The van der Waals surface area contributed by atoms with Gasteiger partial charge in [-0.1, -0.05) is 11.6 Å².